The highest BCUT2D eigenvalue weighted by Gasteiger charge is 2.39. The van der Waals surface area contributed by atoms with Crippen molar-refractivity contribution in [3.8, 4) is 0 Å². The number of amides is 2. The van der Waals surface area contributed by atoms with Gasteiger partial charge in [0.2, 0.25) is 5.91 Å². The van der Waals surface area contributed by atoms with Crippen LogP contribution in [0.2, 0.25) is 0 Å². The Hall–Kier alpha value is -2.17. The maximum atomic E-state index is 12.6. The Kier molecular flexibility index (Phi) is 5.53. The van der Waals surface area contributed by atoms with Crippen LogP contribution < -0.4 is 0 Å². The normalized spacial score (nSPS) is 18.9. The molecule has 0 unspecified atom stereocenters. The first kappa shape index (κ1) is 17.2. The summed E-state index contributed by atoms with van der Waals surface area (Å²) in [5, 5.41) is 0. The molecule has 0 radical (unpaired) electrons. The zero-order valence-electron chi connectivity index (χ0n) is 13.8. The molecule has 0 saturated carbocycles. The fourth-order valence-electron chi connectivity index (χ4n) is 2.94. The van der Waals surface area contributed by atoms with Crippen molar-refractivity contribution in [2.45, 2.75) is 45.6 Å². The van der Waals surface area contributed by atoms with E-state index in [1.165, 1.54) is 11.8 Å². The zero-order valence-corrected chi connectivity index (χ0v) is 13.8. The molecular weight excluding hydrogens is 294 g/mol. The average Bonchev–Trinajstić information content (AvgIpc) is 2.85. The molecule has 1 aliphatic heterocycles. The fraction of sp³-hybridized carbons (Fsp3) is 0.500. The van der Waals surface area contributed by atoms with Gasteiger partial charge in [-0.3, -0.25) is 9.59 Å². The van der Waals surface area contributed by atoms with E-state index in [2.05, 4.69) is 0 Å². The van der Waals surface area contributed by atoms with Crippen LogP contribution in [0.25, 0.3) is 0 Å². The monoisotopic (exact) mass is 317 g/mol. The molecule has 0 N–H and O–H groups in total. The molecule has 1 fully saturated rings. The smallest absolute Gasteiger partial charge is 0.416 e. The first-order chi connectivity index (χ1) is 10.9. The number of carbonyl (C=O) groups excluding carboxylic acids is 3. The molecule has 124 valence electrons. The number of nitrogens with zero attached hydrogens (tertiary/aromatic N) is 1. The van der Waals surface area contributed by atoms with Crippen LogP contribution in [0.4, 0.5) is 4.79 Å². The molecule has 0 spiro atoms. The van der Waals surface area contributed by atoms with Crippen molar-refractivity contribution in [1.29, 1.82) is 0 Å². The Bertz CT molecular complexity index is 582. The lowest BCUT2D eigenvalue weighted by Crippen LogP contribution is -2.40. The third-order valence-electron chi connectivity index (χ3n) is 4.04. The molecule has 1 aromatic rings. The highest BCUT2D eigenvalue weighted by Crippen LogP contribution is 2.26. The third-order valence-corrected chi connectivity index (χ3v) is 4.04. The van der Waals surface area contributed by atoms with E-state index in [-0.39, 0.29) is 30.8 Å². The van der Waals surface area contributed by atoms with E-state index in [0.29, 0.717) is 12.3 Å². The molecule has 23 heavy (non-hydrogen) atoms. The topological polar surface area (TPSA) is 63.7 Å². The van der Waals surface area contributed by atoms with Crippen LogP contribution in [0, 0.1) is 5.92 Å². The summed E-state index contributed by atoms with van der Waals surface area (Å²) in [5.74, 6) is -0.612. The molecule has 2 atom stereocenters. The van der Waals surface area contributed by atoms with Gasteiger partial charge in [-0.2, -0.15) is 0 Å². The van der Waals surface area contributed by atoms with Crippen molar-refractivity contribution >= 4 is 17.8 Å². The molecule has 1 aliphatic rings. The summed E-state index contributed by atoms with van der Waals surface area (Å²) >= 11 is 0. The van der Waals surface area contributed by atoms with Crippen molar-refractivity contribution in [2.75, 3.05) is 6.61 Å². The number of cyclic esters (lactones) is 1. The highest BCUT2D eigenvalue weighted by molar-refractivity contribution is 5.97. The van der Waals surface area contributed by atoms with E-state index in [9.17, 15) is 14.4 Å². The summed E-state index contributed by atoms with van der Waals surface area (Å²) in [7, 11) is 0. The number of imide groups is 1. The average molecular weight is 317 g/mol. The summed E-state index contributed by atoms with van der Waals surface area (Å²) in [5.41, 5.74) is 0.793. The minimum Gasteiger partial charge on any atom is -0.447 e. The first-order valence-electron chi connectivity index (χ1n) is 7.94. The lowest BCUT2D eigenvalue weighted by Gasteiger charge is -2.23. The van der Waals surface area contributed by atoms with Crippen molar-refractivity contribution in [3.63, 3.8) is 0 Å². The summed E-state index contributed by atoms with van der Waals surface area (Å²) in [4.78, 5) is 37.6. The maximum absolute atomic E-state index is 12.6. The van der Waals surface area contributed by atoms with Crippen molar-refractivity contribution in [2.24, 2.45) is 5.92 Å². The van der Waals surface area contributed by atoms with Gasteiger partial charge in [0.15, 0.2) is 0 Å². The van der Waals surface area contributed by atoms with E-state index in [1.807, 2.05) is 44.2 Å². The number of hydrogen-bond donors (Lipinski definition) is 0. The fourth-order valence-corrected chi connectivity index (χ4v) is 2.94. The molecule has 0 bridgehead atoms. The van der Waals surface area contributed by atoms with Gasteiger partial charge >= 0.3 is 6.09 Å². The number of ketones is 1. The van der Waals surface area contributed by atoms with E-state index < -0.39 is 12.0 Å². The van der Waals surface area contributed by atoms with Gasteiger partial charge in [-0.05, 0) is 24.8 Å². The van der Waals surface area contributed by atoms with Crippen LogP contribution in [0.15, 0.2) is 30.3 Å². The second-order valence-corrected chi connectivity index (χ2v) is 6.40. The largest absolute Gasteiger partial charge is 0.447 e. The van der Waals surface area contributed by atoms with Gasteiger partial charge in [-0.15, -0.1) is 0 Å². The van der Waals surface area contributed by atoms with Crippen molar-refractivity contribution in [1.82, 2.24) is 4.90 Å². The third kappa shape index (κ3) is 4.18. The van der Waals surface area contributed by atoms with Gasteiger partial charge in [-0.25, -0.2) is 9.69 Å². The molecule has 2 rings (SSSR count). The highest BCUT2D eigenvalue weighted by atomic mass is 16.6. The van der Waals surface area contributed by atoms with Gasteiger partial charge in [0.1, 0.15) is 12.4 Å². The van der Waals surface area contributed by atoms with Gasteiger partial charge in [0.05, 0.1) is 12.0 Å². The summed E-state index contributed by atoms with van der Waals surface area (Å²) in [6.45, 7) is 5.78. The molecule has 0 aromatic heterocycles. The Balaban J connectivity index is 2.14. The number of benzene rings is 1. The quantitative estimate of drug-likeness (QED) is 0.808. The second kappa shape index (κ2) is 7.40. The van der Waals surface area contributed by atoms with Crippen LogP contribution in [0.1, 0.15) is 45.1 Å². The first-order valence-corrected chi connectivity index (χ1v) is 7.94. The Morgan fingerprint density at radius 3 is 2.48 bits per heavy atom. The Morgan fingerprint density at radius 2 is 1.91 bits per heavy atom. The molecule has 5 nitrogen and oxygen atoms in total. The van der Waals surface area contributed by atoms with Gasteiger partial charge in [0.25, 0.3) is 0 Å². The lowest BCUT2D eigenvalue weighted by atomic mass is 9.91. The number of Topliss-reactive ketones (excluding diaryl/α,β-unsaturated/α-hetero) is 1. The molecular formula is C18H23NO4. The zero-order chi connectivity index (χ0) is 17.0. The summed E-state index contributed by atoms with van der Waals surface area (Å²) in [6, 6.07) is 8.95. The van der Waals surface area contributed by atoms with Crippen LogP contribution in [-0.4, -0.2) is 35.3 Å². The number of hydrogen-bond acceptors (Lipinski definition) is 4. The lowest BCUT2D eigenvalue weighted by molar-refractivity contribution is -0.132. The standard InChI is InChI=1S/C18H23NO4/c1-12(2)9-15-11-23-18(22)19(15)17(21)10-16(13(3)20)14-7-5-4-6-8-14/h4-8,12,15-16H,9-11H2,1-3H3/t15-,16-/m0/s1. The Morgan fingerprint density at radius 1 is 1.26 bits per heavy atom. The van der Waals surface area contributed by atoms with E-state index in [0.717, 1.165) is 5.56 Å². The van der Waals surface area contributed by atoms with Gasteiger partial charge in [0, 0.05) is 6.42 Å². The van der Waals surface area contributed by atoms with E-state index >= 15 is 0 Å². The van der Waals surface area contributed by atoms with Crippen molar-refractivity contribution < 1.29 is 19.1 Å². The number of ether oxygens (including phenoxy) is 1. The van der Waals surface area contributed by atoms with E-state index in [1.54, 1.807) is 0 Å². The molecule has 1 saturated heterocycles. The molecule has 1 aromatic carbocycles. The van der Waals surface area contributed by atoms with Crippen LogP contribution >= 0.6 is 0 Å². The van der Waals surface area contributed by atoms with Crippen LogP contribution in [0.3, 0.4) is 0 Å². The van der Waals surface area contributed by atoms with Crippen molar-refractivity contribution in [3.05, 3.63) is 35.9 Å². The molecule has 5 heteroatoms. The SMILES string of the molecule is CC(=O)[C@H](CC(=O)N1C(=O)OC[C@@H]1CC(C)C)c1ccccc1. The molecule has 2 amide bonds. The minimum absolute atomic E-state index is 0.0109. The second-order valence-electron chi connectivity index (χ2n) is 6.40. The summed E-state index contributed by atoms with van der Waals surface area (Å²) in [6.07, 6.45) is 0.0902. The molecule has 1 heterocycles. The van der Waals surface area contributed by atoms with E-state index in [4.69, 9.17) is 4.74 Å². The van der Waals surface area contributed by atoms with Crippen LogP contribution in [-0.2, 0) is 14.3 Å². The number of carbonyl (C=O) groups is 3. The van der Waals surface area contributed by atoms with Crippen LogP contribution in [0.5, 0.6) is 0 Å². The minimum atomic E-state index is -0.601. The predicted octanol–water partition coefficient (Wildman–Crippen LogP) is 3.14. The maximum Gasteiger partial charge on any atom is 0.416 e. The summed E-state index contributed by atoms with van der Waals surface area (Å²) < 4.78 is 5.03. The predicted molar refractivity (Wildman–Crippen MR) is 85.9 cm³/mol. The van der Waals surface area contributed by atoms with Gasteiger partial charge in [-0.1, -0.05) is 44.2 Å². The van der Waals surface area contributed by atoms with Gasteiger partial charge < -0.3 is 4.74 Å². The number of rotatable bonds is 6. The molecule has 0 aliphatic carbocycles. The Labute approximate surface area is 136 Å².